The van der Waals surface area contributed by atoms with Crippen LogP contribution in [-0.2, 0) is 6.54 Å². The molecule has 112 valence electrons. The zero-order valence-electron chi connectivity index (χ0n) is 11.3. The number of anilines is 2. The Morgan fingerprint density at radius 1 is 1.23 bits per heavy atom. The predicted molar refractivity (Wildman–Crippen MR) is 82.6 cm³/mol. The van der Waals surface area contributed by atoms with Crippen LogP contribution >= 0.6 is 11.6 Å². The number of nitrogens with zero attached hydrogens (tertiary/aromatic N) is 2. The Balaban J connectivity index is 1.95. The molecule has 0 saturated heterocycles. The van der Waals surface area contributed by atoms with Crippen LogP contribution in [0.15, 0.2) is 36.5 Å². The van der Waals surface area contributed by atoms with E-state index < -0.39 is 11.6 Å². The summed E-state index contributed by atoms with van der Waals surface area (Å²) < 4.78 is 28.5. The fourth-order valence-electron chi connectivity index (χ4n) is 2.11. The molecule has 0 amide bonds. The van der Waals surface area contributed by atoms with Crippen molar-refractivity contribution < 1.29 is 8.78 Å². The number of nitrogens with two attached hydrogens (primary N) is 1. The van der Waals surface area contributed by atoms with E-state index in [2.05, 4.69) is 15.3 Å². The second-order valence-electron chi connectivity index (χ2n) is 4.65. The maximum absolute atomic E-state index is 14.4. The first kappa shape index (κ1) is 14.5. The third-order valence-corrected chi connectivity index (χ3v) is 3.43. The summed E-state index contributed by atoms with van der Waals surface area (Å²) in [5.74, 6) is -1.06. The van der Waals surface area contributed by atoms with Gasteiger partial charge in [0, 0.05) is 29.8 Å². The van der Waals surface area contributed by atoms with E-state index >= 15 is 0 Å². The molecule has 0 aliphatic rings. The van der Waals surface area contributed by atoms with Gasteiger partial charge in [0.1, 0.15) is 16.8 Å². The normalized spacial score (nSPS) is 10.9. The number of nitrogens with one attached hydrogen (secondary N) is 1. The van der Waals surface area contributed by atoms with Crippen LogP contribution in [0.25, 0.3) is 10.9 Å². The molecule has 2 heterocycles. The van der Waals surface area contributed by atoms with Crippen LogP contribution in [0.1, 0.15) is 5.56 Å². The molecule has 0 aliphatic heterocycles. The average molecular weight is 321 g/mol. The van der Waals surface area contributed by atoms with Crippen LogP contribution < -0.4 is 11.1 Å². The highest BCUT2D eigenvalue weighted by molar-refractivity contribution is 6.29. The Morgan fingerprint density at radius 3 is 2.86 bits per heavy atom. The molecule has 3 aromatic rings. The molecule has 0 unspecified atom stereocenters. The molecule has 7 heteroatoms. The SMILES string of the molecule is Nc1ccc(Cl)nc1NCc1c(F)cc2ncccc2c1F. The highest BCUT2D eigenvalue weighted by Gasteiger charge is 2.14. The Labute approximate surface area is 129 Å². The number of benzene rings is 1. The molecule has 0 radical (unpaired) electrons. The minimum atomic E-state index is -0.684. The molecular weight excluding hydrogens is 310 g/mol. The minimum Gasteiger partial charge on any atom is -0.396 e. The average Bonchev–Trinajstić information content (AvgIpc) is 2.50. The van der Waals surface area contributed by atoms with Crippen molar-refractivity contribution in [1.29, 1.82) is 0 Å². The fourth-order valence-corrected chi connectivity index (χ4v) is 2.26. The highest BCUT2D eigenvalue weighted by Crippen LogP contribution is 2.24. The smallest absolute Gasteiger partial charge is 0.151 e. The van der Waals surface area contributed by atoms with Gasteiger partial charge in [-0.15, -0.1) is 0 Å². The van der Waals surface area contributed by atoms with Crippen LogP contribution in [0.4, 0.5) is 20.3 Å². The van der Waals surface area contributed by atoms with E-state index in [1.807, 2.05) is 0 Å². The van der Waals surface area contributed by atoms with Gasteiger partial charge in [-0.3, -0.25) is 4.98 Å². The molecular formula is C15H11ClF2N4. The van der Waals surface area contributed by atoms with Crippen molar-refractivity contribution in [2.45, 2.75) is 6.54 Å². The standard InChI is InChI=1S/C15H11ClF2N4/c16-13-4-3-11(19)15(22-13)21-7-9-10(17)6-12-8(14(9)18)2-1-5-20-12/h1-6H,7,19H2,(H,21,22). The molecule has 3 N–H and O–H groups in total. The van der Waals surface area contributed by atoms with E-state index in [1.54, 1.807) is 18.2 Å². The van der Waals surface area contributed by atoms with Crippen LogP contribution in [0.5, 0.6) is 0 Å². The Kier molecular flexibility index (Phi) is 3.77. The van der Waals surface area contributed by atoms with E-state index in [0.717, 1.165) is 0 Å². The molecule has 3 rings (SSSR count). The molecule has 0 saturated carbocycles. The number of fused-ring (bicyclic) bond motifs is 1. The lowest BCUT2D eigenvalue weighted by Gasteiger charge is -2.11. The van der Waals surface area contributed by atoms with E-state index in [9.17, 15) is 8.78 Å². The van der Waals surface area contributed by atoms with Gasteiger partial charge in [-0.25, -0.2) is 13.8 Å². The monoisotopic (exact) mass is 320 g/mol. The third-order valence-electron chi connectivity index (χ3n) is 3.22. The van der Waals surface area contributed by atoms with Gasteiger partial charge in [0.15, 0.2) is 5.82 Å². The van der Waals surface area contributed by atoms with E-state index in [-0.39, 0.29) is 34.0 Å². The van der Waals surface area contributed by atoms with Gasteiger partial charge in [-0.1, -0.05) is 11.6 Å². The van der Waals surface area contributed by atoms with Crippen molar-refractivity contribution >= 4 is 34.0 Å². The lowest BCUT2D eigenvalue weighted by atomic mass is 10.1. The van der Waals surface area contributed by atoms with Gasteiger partial charge in [-0.05, 0) is 24.3 Å². The number of hydrogen-bond donors (Lipinski definition) is 2. The molecule has 0 spiro atoms. The maximum Gasteiger partial charge on any atom is 0.151 e. The lowest BCUT2D eigenvalue weighted by Crippen LogP contribution is -2.08. The predicted octanol–water partition coefficient (Wildman–Crippen LogP) is 3.76. The molecule has 0 fully saturated rings. The molecule has 0 atom stereocenters. The Bertz CT molecular complexity index is 854. The van der Waals surface area contributed by atoms with Crippen molar-refractivity contribution in [3.63, 3.8) is 0 Å². The summed E-state index contributed by atoms with van der Waals surface area (Å²) in [6.45, 7) is -0.111. The molecule has 1 aromatic carbocycles. The summed E-state index contributed by atoms with van der Waals surface area (Å²) in [7, 11) is 0. The van der Waals surface area contributed by atoms with Gasteiger partial charge in [0.2, 0.25) is 0 Å². The van der Waals surface area contributed by atoms with Crippen molar-refractivity contribution in [3.05, 3.63) is 58.9 Å². The van der Waals surface area contributed by atoms with Crippen LogP contribution in [0.2, 0.25) is 5.15 Å². The molecule has 22 heavy (non-hydrogen) atoms. The zero-order valence-corrected chi connectivity index (χ0v) is 12.0. The summed E-state index contributed by atoms with van der Waals surface area (Å²) in [6, 6.07) is 7.44. The fraction of sp³-hybridized carbons (Fsp3) is 0.0667. The molecule has 0 aliphatic carbocycles. The van der Waals surface area contributed by atoms with Crippen LogP contribution in [0, 0.1) is 11.6 Å². The maximum atomic E-state index is 14.4. The van der Waals surface area contributed by atoms with Crippen molar-refractivity contribution in [1.82, 2.24) is 9.97 Å². The Morgan fingerprint density at radius 2 is 2.05 bits per heavy atom. The number of rotatable bonds is 3. The summed E-state index contributed by atoms with van der Waals surface area (Å²) >= 11 is 5.78. The van der Waals surface area contributed by atoms with Gasteiger partial charge in [0.05, 0.1) is 11.2 Å². The van der Waals surface area contributed by atoms with Crippen LogP contribution in [-0.4, -0.2) is 9.97 Å². The van der Waals surface area contributed by atoms with Crippen molar-refractivity contribution in [2.24, 2.45) is 0 Å². The van der Waals surface area contributed by atoms with Gasteiger partial charge in [-0.2, -0.15) is 0 Å². The van der Waals surface area contributed by atoms with E-state index in [0.29, 0.717) is 5.69 Å². The second kappa shape index (κ2) is 5.73. The largest absolute Gasteiger partial charge is 0.396 e. The number of aromatic nitrogens is 2. The highest BCUT2D eigenvalue weighted by atomic mass is 35.5. The summed E-state index contributed by atoms with van der Waals surface area (Å²) in [5, 5.41) is 3.29. The first-order valence-electron chi connectivity index (χ1n) is 6.44. The topological polar surface area (TPSA) is 63.8 Å². The number of halogens is 3. The lowest BCUT2D eigenvalue weighted by molar-refractivity contribution is 0.568. The summed E-state index contributed by atoms with van der Waals surface area (Å²) in [5.41, 5.74) is 6.24. The first-order chi connectivity index (χ1) is 10.6. The van der Waals surface area contributed by atoms with E-state index in [4.69, 9.17) is 17.3 Å². The second-order valence-corrected chi connectivity index (χ2v) is 5.03. The van der Waals surface area contributed by atoms with Gasteiger partial charge >= 0.3 is 0 Å². The van der Waals surface area contributed by atoms with Crippen molar-refractivity contribution in [3.8, 4) is 0 Å². The van der Waals surface area contributed by atoms with Gasteiger partial charge in [0.25, 0.3) is 0 Å². The number of pyridine rings is 2. The summed E-state index contributed by atoms with van der Waals surface area (Å²) in [6.07, 6.45) is 1.48. The third kappa shape index (κ3) is 2.65. The Hall–Kier alpha value is -2.47. The zero-order chi connectivity index (χ0) is 15.7. The number of nitrogen functional groups attached to an aromatic ring is 1. The minimum absolute atomic E-state index is 0.110. The molecule has 4 nitrogen and oxygen atoms in total. The van der Waals surface area contributed by atoms with E-state index in [1.165, 1.54) is 18.3 Å². The number of hydrogen-bond acceptors (Lipinski definition) is 4. The quantitative estimate of drug-likeness (QED) is 0.721. The first-order valence-corrected chi connectivity index (χ1v) is 6.81. The van der Waals surface area contributed by atoms with Gasteiger partial charge < -0.3 is 11.1 Å². The van der Waals surface area contributed by atoms with Crippen LogP contribution in [0.3, 0.4) is 0 Å². The summed E-state index contributed by atoms with van der Waals surface area (Å²) in [4.78, 5) is 7.92. The van der Waals surface area contributed by atoms with Crippen molar-refractivity contribution in [2.75, 3.05) is 11.1 Å². The molecule has 2 aromatic heterocycles. The molecule has 0 bridgehead atoms.